The Morgan fingerprint density at radius 2 is 1.95 bits per heavy atom. The van der Waals surface area contributed by atoms with E-state index in [1.165, 1.54) is 4.90 Å². The van der Waals surface area contributed by atoms with E-state index in [9.17, 15) is 9.59 Å². The Hall–Kier alpha value is -2.11. The summed E-state index contributed by atoms with van der Waals surface area (Å²) in [6.07, 6.45) is 3.32. The average molecular weight is 265 g/mol. The second-order valence-electron chi connectivity index (χ2n) is 4.22. The Kier molecular flexibility index (Phi) is 5.78. The van der Waals surface area contributed by atoms with Crippen LogP contribution < -0.4 is 0 Å². The second-order valence-corrected chi connectivity index (χ2v) is 4.22. The molecule has 19 heavy (non-hydrogen) atoms. The van der Waals surface area contributed by atoms with Crippen LogP contribution in [0.2, 0.25) is 0 Å². The Morgan fingerprint density at radius 3 is 2.47 bits per heavy atom. The van der Waals surface area contributed by atoms with Gasteiger partial charge in [-0.25, -0.2) is 4.79 Å². The molecule has 0 aliphatic carbocycles. The Bertz CT molecular complexity index is 422. The Balaban J connectivity index is 2.58. The van der Waals surface area contributed by atoms with Crippen molar-refractivity contribution >= 4 is 12.0 Å². The topological polar surface area (TPSA) is 73.7 Å². The van der Waals surface area contributed by atoms with Gasteiger partial charge in [-0.1, -0.05) is 0 Å². The first-order valence-electron chi connectivity index (χ1n) is 6.15. The normalized spacial score (nSPS) is 10.0. The fraction of sp³-hybridized carbons (Fsp3) is 0.462. The monoisotopic (exact) mass is 265 g/mol. The molecule has 104 valence electrons. The van der Waals surface area contributed by atoms with Crippen molar-refractivity contribution in [3.63, 3.8) is 0 Å². The van der Waals surface area contributed by atoms with Crippen LogP contribution in [0.5, 0.6) is 0 Å². The number of aromatic nitrogens is 1. The Labute approximate surface area is 112 Å². The van der Waals surface area contributed by atoms with Crippen molar-refractivity contribution in [1.82, 2.24) is 14.8 Å². The molecular formula is C13H19N3O3. The lowest BCUT2D eigenvalue weighted by atomic mass is 10.2. The predicted octanol–water partition coefficient (Wildman–Crippen LogP) is 1.43. The highest BCUT2D eigenvalue weighted by Crippen LogP contribution is 2.06. The molecule has 0 spiro atoms. The third-order valence-corrected chi connectivity index (χ3v) is 2.76. The van der Waals surface area contributed by atoms with Crippen molar-refractivity contribution in [1.29, 1.82) is 0 Å². The van der Waals surface area contributed by atoms with Crippen LogP contribution in [0.1, 0.15) is 18.9 Å². The Morgan fingerprint density at radius 1 is 1.32 bits per heavy atom. The molecule has 1 rings (SSSR count). The lowest BCUT2D eigenvalue weighted by molar-refractivity contribution is -0.137. The minimum Gasteiger partial charge on any atom is -0.481 e. The van der Waals surface area contributed by atoms with Crippen molar-refractivity contribution in [2.45, 2.75) is 19.9 Å². The number of nitrogens with zero attached hydrogens (tertiary/aromatic N) is 3. The number of carboxylic acid groups (broad SMARTS) is 1. The number of hydrogen-bond acceptors (Lipinski definition) is 3. The van der Waals surface area contributed by atoms with Crippen molar-refractivity contribution in [3.8, 4) is 0 Å². The average Bonchev–Trinajstić information content (AvgIpc) is 2.42. The van der Waals surface area contributed by atoms with E-state index >= 15 is 0 Å². The SMILES string of the molecule is CCN(Cc1ccncc1)C(=O)N(C)CCC(=O)O. The van der Waals surface area contributed by atoms with Crippen molar-refractivity contribution in [2.24, 2.45) is 0 Å². The van der Waals surface area contributed by atoms with E-state index < -0.39 is 5.97 Å². The molecule has 0 aliphatic heterocycles. The zero-order valence-corrected chi connectivity index (χ0v) is 11.2. The minimum atomic E-state index is -0.906. The van der Waals surface area contributed by atoms with Gasteiger partial charge in [-0.15, -0.1) is 0 Å². The smallest absolute Gasteiger partial charge is 0.320 e. The van der Waals surface area contributed by atoms with Crippen LogP contribution in [0.15, 0.2) is 24.5 Å². The third-order valence-electron chi connectivity index (χ3n) is 2.76. The summed E-state index contributed by atoms with van der Waals surface area (Å²) in [5, 5.41) is 8.62. The van der Waals surface area contributed by atoms with Crippen molar-refractivity contribution in [3.05, 3.63) is 30.1 Å². The number of carbonyl (C=O) groups is 2. The van der Waals surface area contributed by atoms with Crippen molar-refractivity contribution < 1.29 is 14.7 Å². The summed E-state index contributed by atoms with van der Waals surface area (Å²) in [6.45, 7) is 3.17. The number of urea groups is 1. The summed E-state index contributed by atoms with van der Waals surface area (Å²) in [5.41, 5.74) is 0.997. The molecule has 0 unspecified atom stereocenters. The largest absolute Gasteiger partial charge is 0.481 e. The summed E-state index contributed by atoms with van der Waals surface area (Å²) in [7, 11) is 1.61. The van der Waals surface area contributed by atoms with Gasteiger partial charge in [0.2, 0.25) is 0 Å². The van der Waals surface area contributed by atoms with Crippen LogP contribution in [0.4, 0.5) is 4.79 Å². The number of carboxylic acids is 1. The van der Waals surface area contributed by atoms with Gasteiger partial charge in [-0.05, 0) is 24.6 Å². The first-order valence-corrected chi connectivity index (χ1v) is 6.15. The van der Waals surface area contributed by atoms with E-state index in [0.29, 0.717) is 13.1 Å². The molecule has 0 aliphatic rings. The van der Waals surface area contributed by atoms with E-state index in [1.807, 2.05) is 19.1 Å². The highest BCUT2D eigenvalue weighted by molar-refractivity contribution is 5.75. The van der Waals surface area contributed by atoms with Gasteiger partial charge >= 0.3 is 12.0 Å². The lowest BCUT2D eigenvalue weighted by Gasteiger charge is -2.27. The number of rotatable bonds is 6. The van der Waals surface area contributed by atoms with Crippen LogP contribution in [0.25, 0.3) is 0 Å². The summed E-state index contributed by atoms with van der Waals surface area (Å²) in [6, 6.07) is 3.54. The fourth-order valence-corrected chi connectivity index (χ4v) is 1.62. The van der Waals surface area contributed by atoms with Gasteiger partial charge in [0.1, 0.15) is 0 Å². The van der Waals surface area contributed by atoms with E-state index in [2.05, 4.69) is 4.98 Å². The molecule has 0 aromatic carbocycles. The predicted molar refractivity (Wildman–Crippen MR) is 70.6 cm³/mol. The molecule has 6 heteroatoms. The number of aliphatic carboxylic acids is 1. The molecule has 0 fully saturated rings. The number of carbonyl (C=O) groups excluding carboxylic acids is 1. The lowest BCUT2D eigenvalue weighted by Crippen LogP contribution is -2.41. The first-order chi connectivity index (χ1) is 9.04. The van der Waals surface area contributed by atoms with Gasteiger partial charge in [0.25, 0.3) is 0 Å². The van der Waals surface area contributed by atoms with E-state index in [4.69, 9.17) is 5.11 Å². The van der Waals surface area contributed by atoms with Crippen LogP contribution in [-0.2, 0) is 11.3 Å². The number of pyridine rings is 1. The molecule has 0 atom stereocenters. The fourth-order valence-electron chi connectivity index (χ4n) is 1.62. The molecule has 0 saturated carbocycles. The summed E-state index contributed by atoms with van der Waals surface area (Å²) in [5.74, 6) is -0.906. The molecular weight excluding hydrogens is 246 g/mol. The standard InChI is InChI=1S/C13H19N3O3/c1-3-16(10-11-4-7-14-8-5-11)13(19)15(2)9-6-12(17)18/h4-5,7-8H,3,6,9-10H2,1-2H3,(H,17,18). The highest BCUT2D eigenvalue weighted by Gasteiger charge is 2.17. The van der Waals surface area contributed by atoms with Gasteiger partial charge in [0.15, 0.2) is 0 Å². The van der Waals surface area contributed by atoms with Crippen LogP contribution >= 0.6 is 0 Å². The molecule has 1 N–H and O–H groups in total. The maximum Gasteiger partial charge on any atom is 0.320 e. The molecule has 1 aromatic rings. The summed E-state index contributed by atoms with van der Waals surface area (Å²) < 4.78 is 0. The van der Waals surface area contributed by atoms with E-state index in [1.54, 1.807) is 24.3 Å². The molecule has 6 nitrogen and oxygen atoms in total. The maximum absolute atomic E-state index is 12.1. The van der Waals surface area contributed by atoms with Gasteiger partial charge in [0, 0.05) is 39.1 Å². The second kappa shape index (κ2) is 7.35. The molecule has 2 amide bonds. The van der Waals surface area contributed by atoms with Crippen LogP contribution in [0.3, 0.4) is 0 Å². The van der Waals surface area contributed by atoms with Crippen LogP contribution in [-0.4, -0.2) is 52.0 Å². The van der Waals surface area contributed by atoms with Gasteiger partial charge in [-0.3, -0.25) is 9.78 Å². The molecule has 1 aromatic heterocycles. The molecule has 0 saturated heterocycles. The van der Waals surface area contributed by atoms with E-state index in [-0.39, 0.29) is 19.0 Å². The summed E-state index contributed by atoms with van der Waals surface area (Å²) in [4.78, 5) is 29.7. The maximum atomic E-state index is 12.1. The van der Waals surface area contributed by atoms with Crippen molar-refractivity contribution in [2.75, 3.05) is 20.1 Å². The summed E-state index contributed by atoms with van der Waals surface area (Å²) >= 11 is 0. The first kappa shape index (κ1) is 14.9. The number of amides is 2. The molecule has 1 heterocycles. The molecule has 0 bridgehead atoms. The van der Waals surface area contributed by atoms with Gasteiger partial charge in [-0.2, -0.15) is 0 Å². The number of hydrogen-bond donors (Lipinski definition) is 1. The highest BCUT2D eigenvalue weighted by atomic mass is 16.4. The van der Waals surface area contributed by atoms with Crippen LogP contribution in [0, 0.1) is 0 Å². The zero-order valence-electron chi connectivity index (χ0n) is 11.2. The quantitative estimate of drug-likeness (QED) is 0.844. The minimum absolute atomic E-state index is 0.0466. The van der Waals surface area contributed by atoms with Gasteiger partial charge in [0.05, 0.1) is 6.42 Å². The van der Waals surface area contributed by atoms with Gasteiger partial charge < -0.3 is 14.9 Å². The zero-order chi connectivity index (χ0) is 14.3. The molecule has 0 radical (unpaired) electrons. The van der Waals surface area contributed by atoms with E-state index in [0.717, 1.165) is 5.56 Å². The third kappa shape index (κ3) is 4.95.